The highest BCUT2D eigenvalue weighted by atomic mass is 16.5. The molecule has 33 heavy (non-hydrogen) atoms. The SMILES string of the molecule is O=C(COc1ccc2ccccc2c1)NC(c1ccccc1)c1c(O)ccc2ccccc12. The van der Waals surface area contributed by atoms with Gasteiger partial charge in [0.1, 0.15) is 11.5 Å². The molecule has 0 radical (unpaired) electrons. The number of carbonyl (C=O) groups is 1. The molecule has 162 valence electrons. The molecule has 1 atom stereocenters. The Hall–Kier alpha value is -4.31. The number of carbonyl (C=O) groups excluding carboxylic acids is 1. The van der Waals surface area contributed by atoms with Crippen molar-refractivity contribution in [2.24, 2.45) is 0 Å². The molecule has 1 amide bonds. The van der Waals surface area contributed by atoms with Crippen molar-refractivity contribution in [3.05, 3.63) is 120 Å². The van der Waals surface area contributed by atoms with Crippen LogP contribution in [-0.2, 0) is 4.79 Å². The van der Waals surface area contributed by atoms with Crippen LogP contribution in [0.25, 0.3) is 21.5 Å². The van der Waals surface area contributed by atoms with Crippen molar-refractivity contribution in [1.82, 2.24) is 5.32 Å². The van der Waals surface area contributed by atoms with Crippen LogP contribution in [0.5, 0.6) is 11.5 Å². The fraction of sp³-hybridized carbons (Fsp3) is 0.0690. The van der Waals surface area contributed by atoms with E-state index in [9.17, 15) is 9.90 Å². The van der Waals surface area contributed by atoms with Gasteiger partial charge in [0, 0.05) is 5.56 Å². The predicted molar refractivity (Wildman–Crippen MR) is 131 cm³/mol. The molecule has 0 heterocycles. The first-order valence-corrected chi connectivity index (χ1v) is 10.9. The second kappa shape index (κ2) is 9.05. The molecule has 1 unspecified atom stereocenters. The highest BCUT2D eigenvalue weighted by Crippen LogP contribution is 2.35. The number of hydrogen-bond donors (Lipinski definition) is 2. The molecule has 4 heteroatoms. The van der Waals surface area contributed by atoms with E-state index in [1.54, 1.807) is 6.07 Å². The maximum absolute atomic E-state index is 13.0. The summed E-state index contributed by atoms with van der Waals surface area (Å²) in [5, 5.41) is 17.9. The summed E-state index contributed by atoms with van der Waals surface area (Å²) < 4.78 is 5.79. The molecule has 0 bridgehead atoms. The van der Waals surface area contributed by atoms with Gasteiger partial charge in [-0.1, -0.05) is 91.0 Å². The molecular weight excluding hydrogens is 410 g/mol. The Labute approximate surface area is 192 Å². The number of aromatic hydroxyl groups is 1. The van der Waals surface area contributed by atoms with Crippen LogP contribution < -0.4 is 10.1 Å². The highest BCUT2D eigenvalue weighted by molar-refractivity contribution is 5.90. The molecule has 0 saturated carbocycles. The Balaban J connectivity index is 1.42. The summed E-state index contributed by atoms with van der Waals surface area (Å²) >= 11 is 0. The molecule has 5 rings (SSSR count). The average molecular weight is 434 g/mol. The molecule has 0 aliphatic rings. The number of phenolic OH excluding ortho intramolecular Hbond substituents is 1. The normalized spacial score (nSPS) is 11.9. The van der Waals surface area contributed by atoms with Crippen molar-refractivity contribution in [1.29, 1.82) is 0 Å². The molecule has 0 fully saturated rings. The summed E-state index contributed by atoms with van der Waals surface area (Å²) in [6.45, 7) is -0.132. The third kappa shape index (κ3) is 4.37. The highest BCUT2D eigenvalue weighted by Gasteiger charge is 2.22. The third-order valence-corrected chi connectivity index (χ3v) is 5.77. The van der Waals surface area contributed by atoms with E-state index in [0.717, 1.165) is 27.1 Å². The standard InChI is InChI=1S/C29H23NO3/c31-26-17-15-21-9-6-7-13-25(21)28(26)29(22-10-2-1-3-11-22)30-27(32)19-33-24-16-14-20-8-4-5-12-23(20)18-24/h1-18,29,31H,19H2,(H,30,32). The fourth-order valence-electron chi connectivity index (χ4n) is 4.16. The van der Waals surface area contributed by atoms with Crippen LogP contribution in [0.3, 0.4) is 0 Å². The van der Waals surface area contributed by atoms with E-state index in [0.29, 0.717) is 11.3 Å². The van der Waals surface area contributed by atoms with Gasteiger partial charge in [-0.15, -0.1) is 0 Å². The molecule has 0 saturated heterocycles. The van der Waals surface area contributed by atoms with Crippen molar-refractivity contribution in [2.45, 2.75) is 6.04 Å². The van der Waals surface area contributed by atoms with Gasteiger partial charge in [-0.05, 0) is 45.3 Å². The van der Waals surface area contributed by atoms with Crippen molar-refractivity contribution >= 4 is 27.5 Å². The number of benzene rings is 5. The van der Waals surface area contributed by atoms with E-state index >= 15 is 0 Å². The largest absolute Gasteiger partial charge is 0.508 e. The van der Waals surface area contributed by atoms with Gasteiger partial charge in [-0.25, -0.2) is 0 Å². The van der Waals surface area contributed by atoms with Gasteiger partial charge in [0.25, 0.3) is 5.91 Å². The van der Waals surface area contributed by atoms with Crippen molar-refractivity contribution < 1.29 is 14.6 Å². The molecule has 2 N–H and O–H groups in total. The summed E-state index contributed by atoms with van der Waals surface area (Å²) in [4.78, 5) is 13.0. The molecule has 5 aromatic rings. The van der Waals surface area contributed by atoms with E-state index in [4.69, 9.17) is 4.74 Å². The number of nitrogens with one attached hydrogen (secondary N) is 1. The minimum Gasteiger partial charge on any atom is -0.508 e. The maximum atomic E-state index is 13.0. The molecule has 4 nitrogen and oxygen atoms in total. The van der Waals surface area contributed by atoms with Gasteiger partial charge in [-0.3, -0.25) is 4.79 Å². The molecule has 0 spiro atoms. The number of phenols is 1. The molecule has 0 aliphatic carbocycles. The second-order valence-electron chi connectivity index (χ2n) is 7.93. The van der Waals surface area contributed by atoms with E-state index in [2.05, 4.69) is 5.32 Å². The smallest absolute Gasteiger partial charge is 0.258 e. The summed E-state index contributed by atoms with van der Waals surface area (Å²) in [7, 11) is 0. The summed E-state index contributed by atoms with van der Waals surface area (Å²) in [6, 6.07) is 34.3. The van der Waals surface area contributed by atoms with Crippen LogP contribution in [0, 0.1) is 0 Å². The number of fused-ring (bicyclic) bond motifs is 2. The molecule has 5 aromatic carbocycles. The lowest BCUT2D eigenvalue weighted by Gasteiger charge is -2.22. The molecule has 0 aromatic heterocycles. The Bertz CT molecular complexity index is 1430. The van der Waals surface area contributed by atoms with E-state index in [-0.39, 0.29) is 18.3 Å². The van der Waals surface area contributed by atoms with Crippen LogP contribution in [-0.4, -0.2) is 17.6 Å². The minimum absolute atomic E-state index is 0.132. The third-order valence-electron chi connectivity index (χ3n) is 5.77. The zero-order valence-electron chi connectivity index (χ0n) is 17.9. The number of ether oxygens (including phenoxy) is 1. The van der Waals surface area contributed by atoms with E-state index < -0.39 is 6.04 Å². The number of amides is 1. The van der Waals surface area contributed by atoms with Crippen molar-refractivity contribution in [3.63, 3.8) is 0 Å². The minimum atomic E-state index is -0.523. The Morgan fingerprint density at radius 1 is 0.758 bits per heavy atom. The second-order valence-corrected chi connectivity index (χ2v) is 7.93. The Kier molecular flexibility index (Phi) is 5.64. The first kappa shape index (κ1) is 20.6. The van der Waals surface area contributed by atoms with Crippen molar-refractivity contribution in [2.75, 3.05) is 6.61 Å². The zero-order valence-corrected chi connectivity index (χ0v) is 17.9. The Morgan fingerprint density at radius 3 is 2.24 bits per heavy atom. The number of hydrogen-bond acceptors (Lipinski definition) is 3. The summed E-state index contributed by atoms with van der Waals surface area (Å²) in [5.74, 6) is 0.496. The van der Waals surface area contributed by atoms with Gasteiger partial charge < -0.3 is 15.2 Å². The lowest BCUT2D eigenvalue weighted by atomic mass is 9.92. The van der Waals surface area contributed by atoms with Gasteiger partial charge in [0.15, 0.2) is 6.61 Å². The van der Waals surface area contributed by atoms with E-state index in [1.807, 2.05) is 103 Å². The van der Waals surface area contributed by atoms with Gasteiger partial charge >= 0.3 is 0 Å². The van der Waals surface area contributed by atoms with Gasteiger partial charge in [0.05, 0.1) is 6.04 Å². The topological polar surface area (TPSA) is 58.6 Å². The predicted octanol–water partition coefficient (Wildman–Crippen LogP) is 5.98. The van der Waals surface area contributed by atoms with Gasteiger partial charge in [0.2, 0.25) is 0 Å². The first-order chi connectivity index (χ1) is 16.2. The van der Waals surface area contributed by atoms with Gasteiger partial charge in [-0.2, -0.15) is 0 Å². The average Bonchev–Trinajstić information content (AvgIpc) is 2.87. The Morgan fingerprint density at radius 2 is 1.42 bits per heavy atom. The van der Waals surface area contributed by atoms with Crippen LogP contribution in [0.15, 0.2) is 109 Å². The quantitative estimate of drug-likeness (QED) is 0.346. The van der Waals surface area contributed by atoms with Crippen molar-refractivity contribution in [3.8, 4) is 11.5 Å². The van der Waals surface area contributed by atoms with Crippen LogP contribution in [0.4, 0.5) is 0 Å². The van der Waals surface area contributed by atoms with E-state index in [1.165, 1.54) is 0 Å². The van der Waals surface area contributed by atoms with Crippen LogP contribution in [0.1, 0.15) is 17.2 Å². The maximum Gasteiger partial charge on any atom is 0.258 e. The van der Waals surface area contributed by atoms with Crippen LogP contribution >= 0.6 is 0 Å². The fourth-order valence-corrected chi connectivity index (χ4v) is 4.16. The first-order valence-electron chi connectivity index (χ1n) is 10.9. The lowest BCUT2D eigenvalue weighted by molar-refractivity contribution is -0.123. The summed E-state index contributed by atoms with van der Waals surface area (Å²) in [5.41, 5.74) is 1.54. The van der Waals surface area contributed by atoms with Crippen LogP contribution in [0.2, 0.25) is 0 Å². The summed E-state index contributed by atoms with van der Waals surface area (Å²) in [6.07, 6.45) is 0. The molecule has 0 aliphatic heterocycles. The monoisotopic (exact) mass is 433 g/mol. The zero-order chi connectivity index (χ0) is 22.6. The lowest BCUT2D eigenvalue weighted by Crippen LogP contribution is -2.33. The number of rotatable bonds is 6. The molecular formula is C29H23NO3.